The zero-order valence-electron chi connectivity index (χ0n) is 15.4. The number of rotatable bonds is 6. The zero-order chi connectivity index (χ0) is 18.7. The Bertz CT molecular complexity index is 968. The molecule has 3 rings (SSSR count). The Morgan fingerprint density at radius 1 is 1.15 bits per heavy atom. The largest absolute Gasteiger partial charge is 0.497 e. The fraction of sp³-hybridized carbons (Fsp3) is 0.300. The molecule has 136 valence electrons. The lowest BCUT2D eigenvalue weighted by atomic mass is 10.1. The predicted molar refractivity (Wildman–Crippen MR) is 102 cm³/mol. The van der Waals surface area contributed by atoms with Crippen molar-refractivity contribution in [3.63, 3.8) is 0 Å². The number of aromatic amines is 1. The fourth-order valence-electron chi connectivity index (χ4n) is 2.90. The van der Waals surface area contributed by atoms with Gasteiger partial charge in [0, 0.05) is 18.2 Å². The number of H-pyrrole nitrogens is 1. The van der Waals surface area contributed by atoms with Crippen molar-refractivity contribution < 1.29 is 9.47 Å². The van der Waals surface area contributed by atoms with Gasteiger partial charge < -0.3 is 14.5 Å². The minimum Gasteiger partial charge on any atom is -0.497 e. The van der Waals surface area contributed by atoms with E-state index in [0.717, 1.165) is 17.1 Å². The molecule has 1 aromatic heterocycles. The molecule has 0 bridgehead atoms. The molecule has 0 saturated heterocycles. The molecule has 0 saturated carbocycles. The molecular weight excluding hydrogens is 330 g/mol. The Hall–Kier alpha value is -2.86. The lowest BCUT2D eigenvalue weighted by molar-refractivity contribution is 0.240. The molecule has 0 aliphatic carbocycles. The smallest absolute Gasteiger partial charge is 0.258 e. The van der Waals surface area contributed by atoms with E-state index in [9.17, 15) is 4.79 Å². The van der Waals surface area contributed by atoms with E-state index in [2.05, 4.69) is 14.9 Å². The molecule has 2 aromatic carbocycles. The maximum Gasteiger partial charge on any atom is 0.258 e. The number of benzene rings is 2. The van der Waals surface area contributed by atoms with Gasteiger partial charge in [0.1, 0.15) is 17.3 Å². The SMILES string of the molecule is COc1ccc(CN(C)[C@@H](C)c2nc3ccccc3c(=O)[nH]2)c(OC)c1. The average molecular weight is 353 g/mol. The maximum absolute atomic E-state index is 12.3. The van der Waals surface area contributed by atoms with Gasteiger partial charge in [0.15, 0.2) is 0 Å². The summed E-state index contributed by atoms with van der Waals surface area (Å²) in [6.07, 6.45) is 0. The third kappa shape index (κ3) is 3.55. The van der Waals surface area contributed by atoms with Gasteiger partial charge in [-0.25, -0.2) is 4.98 Å². The van der Waals surface area contributed by atoms with Gasteiger partial charge in [-0.05, 0) is 32.2 Å². The van der Waals surface area contributed by atoms with Gasteiger partial charge >= 0.3 is 0 Å². The minimum absolute atomic E-state index is 0.0703. The van der Waals surface area contributed by atoms with Gasteiger partial charge in [-0.2, -0.15) is 0 Å². The lowest BCUT2D eigenvalue weighted by Crippen LogP contribution is -2.26. The molecule has 0 radical (unpaired) electrons. The van der Waals surface area contributed by atoms with Crippen LogP contribution in [0.1, 0.15) is 24.4 Å². The van der Waals surface area contributed by atoms with Crippen LogP contribution < -0.4 is 15.0 Å². The van der Waals surface area contributed by atoms with Crippen LogP contribution in [-0.4, -0.2) is 36.1 Å². The highest BCUT2D eigenvalue weighted by Crippen LogP contribution is 2.27. The van der Waals surface area contributed by atoms with Crippen molar-refractivity contribution in [2.24, 2.45) is 0 Å². The summed E-state index contributed by atoms with van der Waals surface area (Å²) in [4.78, 5) is 21.9. The molecule has 6 nitrogen and oxygen atoms in total. The van der Waals surface area contributed by atoms with Gasteiger partial charge in [-0.1, -0.05) is 18.2 Å². The standard InChI is InChI=1S/C20H23N3O3/c1-13(19-21-17-8-6-5-7-16(17)20(24)22-19)23(2)12-14-9-10-15(25-3)11-18(14)26-4/h5-11,13H,12H2,1-4H3,(H,21,22,24)/t13-/m0/s1. The van der Waals surface area contributed by atoms with E-state index in [1.807, 2.05) is 50.4 Å². The maximum atomic E-state index is 12.3. The predicted octanol–water partition coefficient (Wildman–Crippen LogP) is 3.13. The first-order chi connectivity index (χ1) is 12.5. The topological polar surface area (TPSA) is 67.5 Å². The van der Waals surface area contributed by atoms with Crippen molar-refractivity contribution in [3.05, 3.63) is 64.2 Å². The van der Waals surface area contributed by atoms with Crippen LogP contribution in [0.2, 0.25) is 0 Å². The average Bonchev–Trinajstić information content (AvgIpc) is 2.67. The van der Waals surface area contributed by atoms with Crippen LogP contribution >= 0.6 is 0 Å². The van der Waals surface area contributed by atoms with E-state index >= 15 is 0 Å². The summed E-state index contributed by atoms with van der Waals surface area (Å²) < 4.78 is 10.7. The molecule has 6 heteroatoms. The molecule has 1 heterocycles. The Morgan fingerprint density at radius 3 is 2.65 bits per heavy atom. The van der Waals surface area contributed by atoms with Crippen LogP contribution in [-0.2, 0) is 6.54 Å². The summed E-state index contributed by atoms with van der Waals surface area (Å²) >= 11 is 0. The van der Waals surface area contributed by atoms with Gasteiger partial charge in [0.25, 0.3) is 5.56 Å². The van der Waals surface area contributed by atoms with E-state index in [-0.39, 0.29) is 11.6 Å². The highest BCUT2D eigenvalue weighted by Gasteiger charge is 2.17. The molecule has 0 spiro atoms. The van der Waals surface area contributed by atoms with Crippen LogP contribution in [0.25, 0.3) is 10.9 Å². The first kappa shape index (κ1) is 17.9. The zero-order valence-corrected chi connectivity index (χ0v) is 15.4. The number of methoxy groups -OCH3 is 2. The van der Waals surface area contributed by atoms with E-state index in [4.69, 9.17) is 9.47 Å². The number of para-hydroxylation sites is 1. The molecule has 1 atom stereocenters. The van der Waals surface area contributed by atoms with Crippen LogP contribution in [0, 0.1) is 0 Å². The number of nitrogens with one attached hydrogen (secondary N) is 1. The summed E-state index contributed by atoms with van der Waals surface area (Å²) in [5, 5.41) is 0.600. The summed E-state index contributed by atoms with van der Waals surface area (Å²) in [7, 11) is 5.26. The van der Waals surface area contributed by atoms with Crippen molar-refractivity contribution in [2.45, 2.75) is 19.5 Å². The molecule has 0 aliphatic heterocycles. The summed E-state index contributed by atoms with van der Waals surface area (Å²) in [6.45, 7) is 2.66. The van der Waals surface area contributed by atoms with Gasteiger partial charge in [0.2, 0.25) is 0 Å². The molecule has 0 aliphatic rings. The van der Waals surface area contributed by atoms with Crippen LogP contribution in [0.5, 0.6) is 11.5 Å². The molecular formula is C20H23N3O3. The normalized spacial score (nSPS) is 12.3. The number of nitrogens with zero attached hydrogens (tertiary/aromatic N) is 2. The first-order valence-corrected chi connectivity index (χ1v) is 8.43. The lowest BCUT2D eigenvalue weighted by Gasteiger charge is -2.25. The summed E-state index contributed by atoms with van der Waals surface area (Å²) in [6, 6.07) is 13.0. The van der Waals surface area contributed by atoms with Gasteiger partial charge in [0.05, 0.1) is 31.2 Å². The van der Waals surface area contributed by atoms with E-state index in [1.54, 1.807) is 20.3 Å². The van der Waals surface area contributed by atoms with Crippen LogP contribution in [0.4, 0.5) is 0 Å². The Morgan fingerprint density at radius 2 is 1.92 bits per heavy atom. The van der Waals surface area contributed by atoms with E-state index in [1.165, 1.54) is 0 Å². The Labute approximate surface area is 152 Å². The highest BCUT2D eigenvalue weighted by atomic mass is 16.5. The van der Waals surface area contributed by atoms with Gasteiger partial charge in [-0.3, -0.25) is 9.69 Å². The van der Waals surface area contributed by atoms with Crippen molar-refractivity contribution >= 4 is 10.9 Å². The van der Waals surface area contributed by atoms with Crippen molar-refractivity contribution in [3.8, 4) is 11.5 Å². The monoisotopic (exact) mass is 353 g/mol. The molecule has 1 N–H and O–H groups in total. The van der Waals surface area contributed by atoms with Crippen molar-refractivity contribution in [1.82, 2.24) is 14.9 Å². The molecule has 0 fully saturated rings. The fourth-order valence-corrected chi connectivity index (χ4v) is 2.90. The molecule has 0 amide bonds. The Kier molecular flexibility index (Phi) is 5.23. The number of fused-ring (bicyclic) bond motifs is 1. The third-order valence-corrected chi connectivity index (χ3v) is 4.60. The van der Waals surface area contributed by atoms with Crippen molar-refractivity contribution in [2.75, 3.05) is 21.3 Å². The third-order valence-electron chi connectivity index (χ3n) is 4.60. The number of hydrogen-bond donors (Lipinski definition) is 1. The van der Waals surface area contributed by atoms with Crippen molar-refractivity contribution in [1.29, 1.82) is 0 Å². The number of aromatic nitrogens is 2. The number of hydrogen-bond acceptors (Lipinski definition) is 5. The summed E-state index contributed by atoms with van der Waals surface area (Å²) in [5.74, 6) is 2.16. The van der Waals surface area contributed by atoms with Crippen LogP contribution in [0.15, 0.2) is 47.3 Å². The second-order valence-electron chi connectivity index (χ2n) is 6.24. The summed E-state index contributed by atoms with van der Waals surface area (Å²) in [5.41, 5.74) is 1.62. The molecule has 3 aromatic rings. The minimum atomic E-state index is -0.118. The molecule has 0 unspecified atom stereocenters. The van der Waals surface area contributed by atoms with Gasteiger partial charge in [-0.15, -0.1) is 0 Å². The second kappa shape index (κ2) is 7.58. The van der Waals surface area contributed by atoms with Crippen LogP contribution in [0.3, 0.4) is 0 Å². The van der Waals surface area contributed by atoms with E-state index in [0.29, 0.717) is 23.3 Å². The quantitative estimate of drug-likeness (QED) is 0.737. The molecule has 26 heavy (non-hydrogen) atoms. The highest BCUT2D eigenvalue weighted by molar-refractivity contribution is 5.77. The first-order valence-electron chi connectivity index (χ1n) is 8.43. The Balaban J connectivity index is 1.86. The second-order valence-corrected chi connectivity index (χ2v) is 6.24. The van der Waals surface area contributed by atoms with E-state index < -0.39 is 0 Å². The number of ether oxygens (including phenoxy) is 2.